The molecule has 0 amide bonds. The van der Waals surface area contributed by atoms with Gasteiger partial charge in [0.2, 0.25) is 0 Å². The first-order valence-electron chi connectivity index (χ1n) is 4.88. The third-order valence-electron chi connectivity index (χ3n) is 2.88. The average Bonchev–Trinajstić information content (AvgIpc) is 2.46. The van der Waals surface area contributed by atoms with Crippen molar-refractivity contribution in [1.82, 2.24) is 15.0 Å². The fourth-order valence-electron chi connectivity index (χ4n) is 1.83. The normalized spacial score (nSPS) is 17.1. The maximum atomic E-state index is 9.38. The first kappa shape index (κ1) is 7.79. The summed E-state index contributed by atoms with van der Waals surface area (Å²) in [5, 5.41) is 17.6. The Balaban J connectivity index is 2.18. The average molecular weight is 189 g/mol. The molecule has 0 aliphatic heterocycles. The quantitative estimate of drug-likeness (QED) is 0.744. The molecule has 1 saturated carbocycles. The second-order valence-electron chi connectivity index (χ2n) is 3.79. The Labute approximate surface area is 81.2 Å². The van der Waals surface area contributed by atoms with Crippen LogP contribution in [0.1, 0.15) is 25.3 Å². The Bertz CT molecular complexity index is 473. The summed E-state index contributed by atoms with van der Waals surface area (Å²) in [7, 11) is 0. The van der Waals surface area contributed by atoms with Gasteiger partial charge >= 0.3 is 0 Å². The minimum atomic E-state index is 0.278. The number of aromatic hydroxyl groups is 1. The van der Waals surface area contributed by atoms with Crippen LogP contribution in [-0.4, -0.2) is 20.1 Å². The van der Waals surface area contributed by atoms with Crippen molar-refractivity contribution >= 4 is 11.0 Å². The lowest BCUT2D eigenvalue weighted by Crippen LogP contribution is -2.17. The molecular weight excluding hydrogens is 178 g/mol. The highest BCUT2D eigenvalue weighted by Crippen LogP contribution is 2.33. The molecule has 1 aromatic carbocycles. The summed E-state index contributed by atoms with van der Waals surface area (Å²) in [6.45, 7) is 0. The standard InChI is InChI=1S/C10H11N3O/c14-8-4-5-9-10(6-8)13(12-11-9)7-2-1-3-7/h4-7,14H,1-3H2. The van der Waals surface area contributed by atoms with Crippen molar-refractivity contribution in [3.63, 3.8) is 0 Å². The van der Waals surface area contributed by atoms with E-state index in [4.69, 9.17) is 0 Å². The van der Waals surface area contributed by atoms with Gasteiger partial charge < -0.3 is 5.11 Å². The van der Waals surface area contributed by atoms with Crippen LogP contribution in [0.15, 0.2) is 18.2 Å². The monoisotopic (exact) mass is 189 g/mol. The van der Waals surface area contributed by atoms with Crippen LogP contribution in [0.4, 0.5) is 0 Å². The van der Waals surface area contributed by atoms with E-state index in [0.717, 1.165) is 11.0 Å². The molecule has 1 aromatic heterocycles. The molecule has 2 aromatic rings. The molecule has 4 heteroatoms. The third-order valence-corrected chi connectivity index (χ3v) is 2.88. The lowest BCUT2D eigenvalue weighted by atomic mass is 9.93. The molecule has 0 saturated heterocycles. The van der Waals surface area contributed by atoms with Gasteiger partial charge in [-0.2, -0.15) is 0 Å². The molecule has 0 spiro atoms. The Hall–Kier alpha value is -1.58. The van der Waals surface area contributed by atoms with E-state index in [9.17, 15) is 5.11 Å². The molecule has 0 bridgehead atoms. The van der Waals surface area contributed by atoms with Crippen molar-refractivity contribution in [1.29, 1.82) is 0 Å². The molecule has 14 heavy (non-hydrogen) atoms. The molecule has 1 aliphatic carbocycles. The van der Waals surface area contributed by atoms with Crippen molar-refractivity contribution in [2.24, 2.45) is 0 Å². The summed E-state index contributed by atoms with van der Waals surface area (Å²) in [4.78, 5) is 0. The van der Waals surface area contributed by atoms with Crippen LogP contribution in [0.3, 0.4) is 0 Å². The fraction of sp³-hybridized carbons (Fsp3) is 0.400. The van der Waals surface area contributed by atoms with E-state index in [-0.39, 0.29) is 5.75 Å². The molecule has 0 atom stereocenters. The summed E-state index contributed by atoms with van der Waals surface area (Å²) in [5.74, 6) is 0.278. The van der Waals surface area contributed by atoms with Crippen LogP contribution >= 0.6 is 0 Å². The van der Waals surface area contributed by atoms with Crippen LogP contribution in [0, 0.1) is 0 Å². The molecule has 1 heterocycles. The molecule has 4 nitrogen and oxygen atoms in total. The Morgan fingerprint density at radius 1 is 1.36 bits per heavy atom. The second kappa shape index (κ2) is 2.70. The summed E-state index contributed by atoms with van der Waals surface area (Å²) in [6.07, 6.45) is 3.62. The summed E-state index contributed by atoms with van der Waals surface area (Å²) in [5.41, 5.74) is 1.80. The smallest absolute Gasteiger partial charge is 0.117 e. The second-order valence-corrected chi connectivity index (χ2v) is 3.79. The zero-order valence-electron chi connectivity index (χ0n) is 7.72. The van der Waals surface area contributed by atoms with Gasteiger partial charge in [0.25, 0.3) is 0 Å². The number of phenols is 1. The number of nitrogens with zero attached hydrogens (tertiary/aromatic N) is 3. The molecule has 3 rings (SSSR count). The topological polar surface area (TPSA) is 50.9 Å². The Morgan fingerprint density at radius 2 is 2.21 bits per heavy atom. The van der Waals surface area contributed by atoms with E-state index in [1.54, 1.807) is 18.2 Å². The predicted octanol–water partition coefficient (Wildman–Crippen LogP) is 1.86. The molecule has 1 N–H and O–H groups in total. The highest BCUT2D eigenvalue weighted by atomic mass is 16.3. The Kier molecular flexibility index (Phi) is 1.50. The first-order valence-corrected chi connectivity index (χ1v) is 4.88. The molecule has 72 valence electrons. The highest BCUT2D eigenvalue weighted by Gasteiger charge is 2.22. The number of aromatic nitrogens is 3. The van der Waals surface area contributed by atoms with Crippen LogP contribution in [0.25, 0.3) is 11.0 Å². The zero-order valence-corrected chi connectivity index (χ0v) is 7.72. The summed E-state index contributed by atoms with van der Waals surface area (Å²) < 4.78 is 1.93. The van der Waals surface area contributed by atoms with Gasteiger partial charge in [-0.15, -0.1) is 5.10 Å². The molecular formula is C10H11N3O. The number of fused-ring (bicyclic) bond motifs is 1. The maximum Gasteiger partial charge on any atom is 0.117 e. The van der Waals surface area contributed by atoms with Crippen LogP contribution < -0.4 is 0 Å². The fourth-order valence-corrected chi connectivity index (χ4v) is 1.83. The van der Waals surface area contributed by atoms with Gasteiger partial charge in [-0.1, -0.05) is 5.21 Å². The van der Waals surface area contributed by atoms with Crippen molar-refractivity contribution in [3.05, 3.63) is 18.2 Å². The van der Waals surface area contributed by atoms with Crippen LogP contribution in [0.2, 0.25) is 0 Å². The van der Waals surface area contributed by atoms with Crippen molar-refractivity contribution in [2.75, 3.05) is 0 Å². The predicted molar refractivity (Wildman–Crippen MR) is 52.1 cm³/mol. The van der Waals surface area contributed by atoms with Gasteiger partial charge in [0.15, 0.2) is 0 Å². The van der Waals surface area contributed by atoms with Crippen molar-refractivity contribution in [2.45, 2.75) is 25.3 Å². The van der Waals surface area contributed by atoms with E-state index in [1.165, 1.54) is 19.3 Å². The number of benzene rings is 1. The van der Waals surface area contributed by atoms with Gasteiger partial charge in [0, 0.05) is 6.07 Å². The van der Waals surface area contributed by atoms with Gasteiger partial charge in [0.1, 0.15) is 11.3 Å². The first-order chi connectivity index (χ1) is 6.84. The van der Waals surface area contributed by atoms with Gasteiger partial charge in [-0.25, -0.2) is 4.68 Å². The maximum absolute atomic E-state index is 9.38. The van der Waals surface area contributed by atoms with Crippen LogP contribution in [-0.2, 0) is 0 Å². The molecule has 0 unspecified atom stereocenters. The molecule has 1 fully saturated rings. The minimum Gasteiger partial charge on any atom is -0.508 e. The van der Waals surface area contributed by atoms with Crippen molar-refractivity contribution in [3.8, 4) is 5.75 Å². The van der Waals surface area contributed by atoms with Crippen LogP contribution in [0.5, 0.6) is 5.75 Å². The number of phenolic OH excluding ortho intramolecular Hbond substituents is 1. The van der Waals surface area contributed by atoms with Gasteiger partial charge in [-0.3, -0.25) is 0 Å². The number of hydrogen-bond donors (Lipinski definition) is 1. The highest BCUT2D eigenvalue weighted by molar-refractivity contribution is 5.76. The van der Waals surface area contributed by atoms with E-state index in [2.05, 4.69) is 10.3 Å². The SMILES string of the molecule is Oc1ccc2nnn(C3CCC3)c2c1. The number of rotatable bonds is 1. The lowest BCUT2D eigenvalue weighted by Gasteiger charge is -2.25. The molecule has 1 aliphatic rings. The number of hydrogen-bond acceptors (Lipinski definition) is 3. The van der Waals surface area contributed by atoms with Gasteiger partial charge in [-0.05, 0) is 31.4 Å². The summed E-state index contributed by atoms with van der Waals surface area (Å²) >= 11 is 0. The van der Waals surface area contributed by atoms with E-state index < -0.39 is 0 Å². The largest absolute Gasteiger partial charge is 0.508 e. The minimum absolute atomic E-state index is 0.278. The van der Waals surface area contributed by atoms with E-state index >= 15 is 0 Å². The van der Waals surface area contributed by atoms with E-state index in [0.29, 0.717) is 6.04 Å². The van der Waals surface area contributed by atoms with E-state index in [1.807, 2.05) is 4.68 Å². The third kappa shape index (κ3) is 0.999. The molecule has 0 radical (unpaired) electrons. The zero-order chi connectivity index (χ0) is 9.54. The lowest BCUT2D eigenvalue weighted by molar-refractivity contribution is 0.292. The van der Waals surface area contributed by atoms with Gasteiger partial charge in [0.05, 0.1) is 11.6 Å². The Morgan fingerprint density at radius 3 is 2.93 bits per heavy atom. The summed E-state index contributed by atoms with van der Waals surface area (Å²) in [6, 6.07) is 5.66. The van der Waals surface area contributed by atoms with Crippen molar-refractivity contribution < 1.29 is 5.11 Å².